The normalized spacial score (nSPS) is 11.4. The molecule has 68 valence electrons. The van der Waals surface area contributed by atoms with Gasteiger partial charge in [-0.15, -0.1) is 0 Å². The van der Waals surface area contributed by atoms with Gasteiger partial charge in [-0.1, -0.05) is 0 Å². The minimum Gasteiger partial charge on any atom is -0.478 e. The van der Waals surface area contributed by atoms with Gasteiger partial charge in [0.15, 0.2) is 0 Å². The number of nitrogens with zero attached hydrogens (tertiary/aromatic N) is 2. The van der Waals surface area contributed by atoms with Crippen LogP contribution in [0.3, 0.4) is 0 Å². The summed E-state index contributed by atoms with van der Waals surface area (Å²) in [7, 11) is 0. The number of hydrogen-bond donors (Lipinski definition) is 1. The van der Waals surface area contributed by atoms with Crippen molar-refractivity contribution in [3.05, 3.63) is 29.4 Å². The van der Waals surface area contributed by atoms with E-state index in [0.29, 0.717) is 11.5 Å². The number of aliphatic carboxylic acids is 1. The molecule has 0 saturated heterocycles. The molecule has 1 aromatic rings. The van der Waals surface area contributed by atoms with E-state index in [2.05, 4.69) is 9.97 Å². The molecule has 13 heavy (non-hydrogen) atoms. The van der Waals surface area contributed by atoms with E-state index in [-0.39, 0.29) is 5.57 Å². The van der Waals surface area contributed by atoms with E-state index >= 15 is 0 Å². The molecule has 1 rings (SSSR count). The Morgan fingerprint density at radius 1 is 1.62 bits per heavy atom. The van der Waals surface area contributed by atoms with Gasteiger partial charge in [-0.05, 0) is 26.0 Å². The number of rotatable bonds is 2. The molecule has 0 bridgehead atoms. The van der Waals surface area contributed by atoms with Crippen LogP contribution >= 0.6 is 0 Å². The van der Waals surface area contributed by atoms with Gasteiger partial charge in [0.25, 0.3) is 0 Å². The van der Waals surface area contributed by atoms with Crippen LogP contribution in [0.4, 0.5) is 0 Å². The Bertz CT molecular complexity index is 358. The summed E-state index contributed by atoms with van der Waals surface area (Å²) < 4.78 is 0. The van der Waals surface area contributed by atoms with Crippen molar-refractivity contribution in [1.82, 2.24) is 9.97 Å². The molecule has 0 aliphatic rings. The largest absolute Gasteiger partial charge is 0.478 e. The number of carboxylic acid groups (broad SMARTS) is 1. The molecule has 0 aliphatic heterocycles. The highest BCUT2D eigenvalue weighted by molar-refractivity contribution is 5.91. The predicted molar refractivity (Wildman–Crippen MR) is 48.1 cm³/mol. The summed E-state index contributed by atoms with van der Waals surface area (Å²) in [5.74, 6) is -0.303. The molecule has 0 atom stereocenters. The first-order chi connectivity index (χ1) is 6.09. The second kappa shape index (κ2) is 3.80. The number of carboxylic acids is 1. The summed E-state index contributed by atoms with van der Waals surface area (Å²) in [5.41, 5.74) is 0.880. The lowest BCUT2D eigenvalue weighted by atomic mass is 10.2. The molecule has 0 radical (unpaired) electrons. The summed E-state index contributed by atoms with van der Waals surface area (Å²) >= 11 is 0. The van der Waals surface area contributed by atoms with Crippen molar-refractivity contribution in [3.63, 3.8) is 0 Å². The van der Waals surface area contributed by atoms with Crippen molar-refractivity contribution >= 4 is 12.0 Å². The first-order valence-electron chi connectivity index (χ1n) is 3.81. The van der Waals surface area contributed by atoms with Gasteiger partial charge in [-0.25, -0.2) is 14.8 Å². The average Bonchev–Trinajstić information content (AvgIpc) is 2.04. The second-order valence-corrected chi connectivity index (χ2v) is 2.66. The molecule has 1 heterocycles. The van der Waals surface area contributed by atoms with Crippen molar-refractivity contribution in [2.45, 2.75) is 13.8 Å². The van der Waals surface area contributed by atoms with Crippen LogP contribution in [-0.2, 0) is 4.79 Å². The topological polar surface area (TPSA) is 63.1 Å². The fourth-order valence-electron chi connectivity index (χ4n) is 0.838. The third-order valence-electron chi connectivity index (χ3n) is 1.50. The monoisotopic (exact) mass is 178 g/mol. The SMILES string of the molecule is C/C(=C/c1ccnc(C)n1)C(=O)O. The maximum atomic E-state index is 10.5. The molecular formula is C9H10N2O2. The smallest absolute Gasteiger partial charge is 0.331 e. The van der Waals surface area contributed by atoms with Gasteiger partial charge in [0.2, 0.25) is 0 Å². The van der Waals surface area contributed by atoms with Crippen molar-refractivity contribution in [1.29, 1.82) is 0 Å². The van der Waals surface area contributed by atoms with Crippen LogP contribution in [0.1, 0.15) is 18.4 Å². The van der Waals surface area contributed by atoms with Crippen molar-refractivity contribution in [3.8, 4) is 0 Å². The van der Waals surface area contributed by atoms with Crippen molar-refractivity contribution < 1.29 is 9.90 Å². The van der Waals surface area contributed by atoms with Crippen LogP contribution in [0.25, 0.3) is 6.08 Å². The molecule has 0 aliphatic carbocycles. The Kier molecular flexibility index (Phi) is 2.74. The van der Waals surface area contributed by atoms with Crippen LogP contribution in [-0.4, -0.2) is 21.0 Å². The quantitative estimate of drug-likeness (QED) is 0.693. The van der Waals surface area contributed by atoms with Crippen LogP contribution in [0, 0.1) is 6.92 Å². The Morgan fingerprint density at radius 2 is 2.31 bits per heavy atom. The predicted octanol–water partition coefficient (Wildman–Crippen LogP) is 1.27. The Morgan fingerprint density at radius 3 is 2.85 bits per heavy atom. The van der Waals surface area contributed by atoms with Gasteiger partial charge >= 0.3 is 5.97 Å². The maximum Gasteiger partial charge on any atom is 0.331 e. The molecule has 4 nitrogen and oxygen atoms in total. The Balaban J connectivity index is 2.97. The zero-order chi connectivity index (χ0) is 9.84. The molecule has 0 unspecified atom stereocenters. The van der Waals surface area contributed by atoms with Gasteiger partial charge < -0.3 is 5.11 Å². The molecule has 0 spiro atoms. The maximum absolute atomic E-state index is 10.5. The molecule has 0 amide bonds. The summed E-state index contributed by atoms with van der Waals surface area (Å²) in [4.78, 5) is 18.4. The molecule has 0 aromatic carbocycles. The fraction of sp³-hybridized carbons (Fsp3) is 0.222. The van der Waals surface area contributed by atoms with Gasteiger partial charge in [0.05, 0.1) is 5.69 Å². The first-order valence-corrected chi connectivity index (χ1v) is 3.81. The number of aryl methyl sites for hydroxylation is 1. The van der Waals surface area contributed by atoms with E-state index in [1.165, 1.54) is 13.0 Å². The van der Waals surface area contributed by atoms with E-state index in [9.17, 15) is 4.79 Å². The average molecular weight is 178 g/mol. The number of aromatic nitrogens is 2. The van der Waals surface area contributed by atoms with Gasteiger partial charge in [0.1, 0.15) is 5.82 Å². The van der Waals surface area contributed by atoms with Gasteiger partial charge in [0, 0.05) is 11.8 Å². The first kappa shape index (κ1) is 9.38. The highest BCUT2D eigenvalue weighted by Gasteiger charge is 2.00. The van der Waals surface area contributed by atoms with Crippen LogP contribution in [0.2, 0.25) is 0 Å². The minimum atomic E-state index is -0.934. The molecule has 0 fully saturated rings. The third kappa shape index (κ3) is 2.66. The second-order valence-electron chi connectivity index (χ2n) is 2.66. The van der Waals surface area contributed by atoms with Crippen LogP contribution < -0.4 is 0 Å². The zero-order valence-corrected chi connectivity index (χ0v) is 7.48. The van der Waals surface area contributed by atoms with E-state index in [1.807, 2.05) is 0 Å². The highest BCUT2D eigenvalue weighted by Crippen LogP contribution is 2.03. The summed E-state index contributed by atoms with van der Waals surface area (Å²) in [5, 5.41) is 8.60. The fourth-order valence-corrected chi connectivity index (χ4v) is 0.838. The van der Waals surface area contributed by atoms with E-state index in [0.717, 1.165) is 0 Å². The van der Waals surface area contributed by atoms with E-state index < -0.39 is 5.97 Å². The number of hydrogen-bond acceptors (Lipinski definition) is 3. The lowest BCUT2D eigenvalue weighted by Crippen LogP contribution is -1.97. The highest BCUT2D eigenvalue weighted by atomic mass is 16.4. The molecule has 1 N–H and O–H groups in total. The summed E-state index contributed by atoms with van der Waals surface area (Å²) in [6, 6.07) is 1.67. The van der Waals surface area contributed by atoms with Gasteiger partial charge in [-0.3, -0.25) is 0 Å². The molecule has 4 heteroatoms. The van der Waals surface area contributed by atoms with Crippen LogP contribution in [0.15, 0.2) is 17.8 Å². The lowest BCUT2D eigenvalue weighted by Gasteiger charge is -1.95. The van der Waals surface area contributed by atoms with Gasteiger partial charge in [-0.2, -0.15) is 0 Å². The third-order valence-corrected chi connectivity index (χ3v) is 1.50. The zero-order valence-electron chi connectivity index (χ0n) is 7.48. The lowest BCUT2D eigenvalue weighted by molar-refractivity contribution is -0.132. The van der Waals surface area contributed by atoms with Crippen molar-refractivity contribution in [2.24, 2.45) is 0 Å². The van der Waals surface area contributed by atoms with E-state index in [4.69, 9.17) is 5.11 Å². The van der Waals surface area contributed by atoms with Crippen LogP contribution in [0.5, 0.6) is 0 Å². The molecule has 0 saturated carbocycles. The number of carbonyl (C=O) groups is 1. The summed E-state index contributed by atoms with van der Waals surface area (Å²) in [6.07, 6.45) is 3.11. The Hall–Kier alpha value is -1.71. The minimum absolute atomic E-state index is 0.262. The molecular weight excluding hydrogens is 168 g/mol. The summed E-state index contributed by atoms with van der Waals surface area (Å²) in [6.45, 7) is 3.28. The Labute approximate surface area is 76.0 Å². The van der Waals surface area contributed by atoms with Crippen molar-refractivity contribution in [2.75, 3.05) is 0 Å². The molecule has 1 aromatic heterocycles. The standard InChI is InChI=1S/C9H10N2O2/c1-6(9(12)13)5-8-3-4-10-7(2)11-8/h3-5H,1-2H3,(H,12,13)/b6-5-. The van der Waals surface area contributed by atoms with E-state index in [1.54, 1.807) is 19.2 Å².